The maximum absolute atomic E-state index is 4.55. The third kappa shape index (κ3) is 3.21. The number of rotatable bonds is 4. The number of pyridine rings is 1. The molecule has 0 unspecified atom stereocenters. The van der Waals surface area contributed by atoms with Gasteiger partial charge in [-0.1, -0.05) is 6.07 Å². The Morgan fingerprint density at radius 3 is 2.52 bits per heavy atom. The Labute approximate surface area is 124 Å². The van der Waals surface area contributed by atoms with Gasteiger partial charge in [0.05, 0.1) is 0 Å². The molecule has 2 aromatic rings. The Hall–Kier alpha value is -2.37. The Morgan fingerprint density at radius 2 is 1.81 bits per heavy atom. The summed E-state index contributed by atoms with van der Waals surface area (Å²) in [5, 5.41) is 3.22. The molecular weight excluding hydrogens is 264 g/mol. The van der Waals surface area contributed by atoms with Gasteiger partial charge in [0.1, 0.15) is 11.6 Å². The molecule has 21 heavy (non-hydrogen) atoms. The van der Waals surface area contributed by atoms with E-state index in [1.54, 1.807) is 0 Å². The molecule has 1 fully saturated rings. The fourth-order valence-electron chi connectivity index (χ4n) is 2.46. The summed E-state index contributed by atoms with van der Waals surface area (Å²) in [6, 6.07) is 7.92. The van der Waals surface area contributed by atoms with Crippen molar-refractivity contribution >= 4 is 17.6 Å². The molecule has 1 aliphatic heterocycles. The lowest BCUT2D eigenvalue weighted by Gasteiger charge is -2.35. The molecule has 0 aromatic carbocycles. The van der Waals surface area contributed by atoms with E-state index < -0.39 is 0 Å². The van der Waals surface area contributed by atoms with Gasteiger partial charge in [0.25, 0.3) is 0 Å². The molecule has 0 aliphatic carbocycles. The fourth-order valence-corrected chi connectivity index (χ4v) is 2.46. The molecule has 6 heteroatoms. The zero-order valence-corrected chi connectivity index (χ0v) is 12.2. The number of nitrogens with one attached hydrogen (secondary N) is 1. The molecule has 110 valence electrons. The van der Waals surface area contributed by atoms with Crippen molar-refractivity contribution in [3.05, 3.63) is 36.7 Å². The van der Waals surface area contributed by atoms with Crippen molar-refractivity contribution in [1.29, 1.82) is 0 Å². The van der Waals surface area contributed by atoms with Gasteiger partial charge >= 0.3 is 0 Å². The normalized spacial score (nSPS) is 15.1. The molecular formula is C15H20N6. The van der Waals surface area contributed by atoms with Gasteiger partial charge < -0.3 is 15.1 Å². The summed E-state index contributed by atoms with van der Waals surface area (Å²) in [6.07, 6.45) is 3.65. The van der Waals surface area contributed by atoms with E-state index in [0.717, 1.165) is 50.3 Å². The average Bonchev–Trinajstić information content (AvgIpc) is 2.56. The highest BCUT2D eigenvalue weighted by Gasteiger charge is 2.19. The smallest absolute Gasteiger partial charge is 0.227 e. The standard InChI is InChI=1S/C15H20N6/c1-2-16-13-6-8-18-15(19-13)21-11-9-20(10-12-21)14-5-3-4-7-17-14/h3-8H,2,9-12H2,1H3,(H,16,18,19). The van der Waals surface area contributed by atoms with Crippen molar-refractivity contribution in [2.24, 2.45) is 0 Å². The summed E-state index contributed by atoms with van der Waals surface area (Å²) in [6.45, 7) is 6.62. The quantitative estimate of drug-likeness (QED) is 0.921. The van der Waals surface area contributed by atoms with E-state index >= 15 is 0 Å². The maximum Gasteiger partial charge on any atom is 0.227 e. The lowest BCUT2D eigenvalue weighted by Crippen LogP contribution is -2.47. The van der Waals surface area contributed by atoms with Gasteiger partial charge in [-0.05, 0) is 25.1 Å². The summed E-state index contributed by atoms with van der Waals surface area (Å²) in [5.74, 6) is 2.73. The molecule has 0 amide bonds. The summed E-state index contributed by atoms with van der Waals surface area (Å²) >= 11 is 0. The molecule has 0 radical (unpaired) electrons. The van der Waals surface area contributed by atoms with Crippen LogP contribution in [0.15, 0.2) is 36.7 Å². The van der Waals surface area contributed by atoms with Gasteiger partial charge in [-0.15, -0.1) is 0 Å². The van der Waals surface area contributed by atoms with Gasteiger partial charge in [-0.25, -0.2) is 9.97 Å². The Kier molecular flexibility index (Phi) is 4.14. The molecule has 3 rings (SSSR count). The molecule has 0 spiro atoms. The van der Waals surface area contributed by atoms with Crippen LogP contribution >= 0.6 is 0 Å². The van der Waals surface area contributed by atoms with Gasteiger partial charge in [0.15, 0.2) is 0 Å². The summed E-state index contributed by atoms with van der Waals surface area (Å²) in [4.78, 5) is 17.9. The minimum absolute atomic E-state index is 0.800. The van der Waals surface area contributed by atoms with Crippen LogP contribution in [0.5, 0.6) is 0 Å². The number of hydrogen-bond acceptors (Lipinski definition) is 6. The number of anilines is 3. The summed E-state index contributed by atoms with van der Waals surface area (Å²) in [5.41, 5.74) is 0. The lowest BCUT2D eigenvalue weighted by molar-refractivity contribution is 0.635. The fraction of sp³-hybridized carbons (Fsp3) is 0.400. The summed E-state index contributed by atoms with van der Waals surface area (Å²) < 4.78 is 0. The molecule has 0 saturated carbocycles. The van der Waals surface area contributed by atoms with Crippen molar-refractivity contribution in [3.8, 4) is 0 Å². The third-order valence-corrected chi connectivity index (χ3v) is 3.54. The van der Waals surface area contributed by atoms with Crippen LogP contribution in [0.3, 0.4) is 0 Å². The molecule has 1 N–H and O–H groups in total. The Balaban J connectivity index is 1.64. The minimum Gasteiger partial charge on any atom is -0.370 e. The van der Waals surface area contributed by atoms with Crippen LogP contribution in [0, 0.1) is 0 Å². The monoisotopic (exact) mass is 284 g/mol. The topological polar surface area (TPSA) is 57.2 Å². The molecule has 1 aliphatic rings. The third-order valence-electron chi connectivity index (χ3n) is 3.54. The van der Waals surface area contributed by atoms with Crippen LogP contribution in [0.4, 0.5) is 17.6 Å². The highest BCUT2D eigenvalue weighted by molar-refractivity contribution is 5.44. The van der Waals surface area contributed by atoms with E-state index in [2.05, 4.69) is 43.1 Å². The first-order valence-electron chi connectivity index (χ1n) is 7.34. The van der Waals surface area contributed by atoms with E-state index in [9.17, 15) is 0 Å². The molecule has 0 bridgehead atoms. The summed E-state index contributed by atoms with van der Waals surface area (Å²) in [7, 11) is 0. The first-order chi connectivity index (χ1) is 10.4. The van der Waals surface area contributed by atoms with Gasteiger partial charge in [0, 0.05) is 45.1 Å². The molecule has 1 saturated heterocycles. The number of piperazine rings is 1. The lowest BCUT2D eigenvalue weighted by atomic mass is 10.3. The molecule has 2 aromatic heterocycles. The van der Waals surface area contributed by atoms with Gasteiger partial charge in [-0.2, -0.15) is 4.98 Å². The Bertz CT molecular complexity index is 565. The van der Waals surface area contributed by atoms with E-state index in [1.807, 2.05) is 30.6 Å². The van der Waals surface area contributed by atoms with Crippen LogP contribution in [0.25, 0.3) is 0 Å². The number of aromatic nitrogens is 3. The van der Waals surface area contributed by atoms with Crippen LogP contribution in [-0.4, -0.2) is 47.7 Å². The van der Waals surface area contributed by atoms with Crippen LogP contribution in [-0.2, 0) is 0 Å². The highest BCUT2D eigenvalue weighted by atomic mass is 15.3. The second-order valence-corrected chi connectivity index (χ2v) is 4.93. The molecule has 0 atom stereocenters. The first-order valence-corrected chi connectivity index (χ1v) is 7.34. The van der Waals surface area contributed by atoms with Gasteiger partial charge in [0.2, 0.25) is 5.95 Å². The first kappa shape index (κ1) is 13.6. The predicted molar refractivity (Wildman–Crippen MR) is 84.9 cm³/mol. The highest BCUT2D eigenvalue weighted by Crippen LogP contribution is 2.16. The van der Waals surface area contributed by atoms with Crippen LogP contribution in [0.2, 0.25) is 0 Å². The molecule has 3 heterocycles. The van der Waals surface area contributed by atoms with E-state index in [4.69, 9.17) is 0 Å². The zero-order chi connectivity index (χ0) is 14.5. The number of nitrogens with zero attached hydrogens (tertiary/aromatic N) is 5. The van der Waals surface area contributed by atoms with Crippen molar-refractivity contribution in [2.45, 2.75) is 6.92 Å². The van der Waals surface area contributed by atoms with E-state index in [-0.39, 0.29) is 0 Å². The second kappa shape index (κ2) is 6.39. The number of hydrogen-bond donors (Lipinski definition) is 1. The van der Waals surface area contributed by atoms with Crippen LogP contribution in [0.1, 0.15) is 6.92 Å². The molecule has 6 nitrogen and oxygen atoms in total. The van der Waals surface area contributed by atoms with Crippen molar-refractivity contribution in [3.63, 3.8) is 0 Å². The van der Waals surface area contributed by atoms with Crippen molar-refractivity contribution in [1.82, 2.24) is 15.0 Å². The van der Waals surface area contributed by atoms with Gasteiger partial charge in [-0.3, -0.25) is 0 Å². The minimum atomic E-state index is 0.800. The van der Waals surface area contributed by atoms with Crippen LogP contribution < -0.4 is 15.1 Å². The predicted octanol–water partition coefficient (Wildman–Crippen LogP) is 1.63. The maximum atomic E-state index is 4.55. The Morgan fingerprint density at radius 1 is 1.00 bits per heavy atom. The average molecular weight is 284 g/mol. The zero-order valence-electron chi connectivity index (χ0n) is 12.2. The van der Waals surface area contributed by atoms with E-state index in [1.165, 1.54) is 0 Å². The van der Waals surface area contributed by atoms with E-state index in [0.29, 0.717) is 0 Å². The van der Waals surface area contributed by atoms with Crippen molar-refractivity contribution < 1.29 is 0 Å². The SMILES string of the molecule is CCNc1ccnc(N2CCN(c3ccccn3)CC2)n1. The van der Waals surface area contributed by atoms with Crippen molar-refractivity contribution in [2.75, 3.05) is 47.8 Å². The second-order valence-electron chi connectivity index (χ2n) is 4.93. The largest absolute Gasteiger partial charge is 0.370 e.